The van der Waals surface area contributed by atoms with Crippen LogP contribution in [0, 0.1) is 0 Å². The Balaban J connectivity index is 1.45. The molecule has 4 rings (SSSR count). The predicted molar refractivity (Wildman–Crippen MR) is 116 cm³/mol. The van der Waals surface area contributed by atoms with Crippen LogP contribution in [-0.2, 0) is 11.2 Å². The maximum Gasteiger partial charge on any atom is 0.227 e. The Morgan fingerprint density at radius 1 is 1.07 bits per heavy atom. The van der Waals surface area contributed by atoms with Crippen LogP contribution in [0.1, 0.15) is 5.56 Å². The summed E-state index contributed by atoms with van der Waals surface area (Å²) in [5, 5.41) is 2.23. The van der Waals surface area contributed by atoms with Gasteiger partial charge in [-0.2, -0.15) is 0 Å². The zero-order valence-electron chi connectivity index (χ0n) is 16.3. The summed E-state index contributed by atoms with van der Waals surface area (Å²) in [6.45, 7) is 3.09. The number of ether oxygens (including phenoxy) is 1. The Morgan fingerprint density at radius 2 is 1.79 bits per heavy atom. The van der Waals surface area contributed by atoms with Crippen molar-refractivity contribution in [1.29, 1.82) is 0 Å². The van der Waals surface area contributed by atoms with Crippen LogP contribution in [0.4, 0.5) is 5.69 Å². The molecule has 0 spiro atoms. The fourth-order valence-electron chi connectivity index (χ4n) is 3.88. The molecule has 0 aliphatic carbocycles. The molecule has 2 heterocycles. The molecule has 0 atom stereocenters. The van der Waals surface area contributed by atoms with Crippen LogP contribution in [0.15, 0.2) is 53.6 Å². The smallest absolute Gasteiger partial charge is 0.227 e. The average molecular weight is 396 g/mol. The second-order valence-corrected chi connectivity index (χ2v) is 7.72. The van der Waals surface area contributed by atoms with Crippen molar-refractivity contribution in [2.24, 2.45) is 0 Å². The molecule has 0 bridgehead atoms. The number of H-pyrrole nitrogens is 1. The van der Waals surface area contributed by atoms with Gasteiger partial charge in [0.2, 0.25) is 5.91 Å². The number of nitrogens with zero attached hydrogens (tertiary/aromatic N) is 2. The van der Waals surface area contributed by atoms with E-state index in [1.54, 1.807) is 18.9 Å². The van der Waals surface area contributed by atoms with Gasteiger partial charge < -0.3 is 19.5 Å². The summed E-state index contributed by atoms with van der Waals surface area (Å²) < 4.78 is 5.48. The number of benzene rings is 2. The van der Waals surface area contributed by atoms with E-state index in [2.05, 4.69) is 28.1 Å². The normalized spacial score (nSPS) is 14.5. The highest BCUT2D eigenvalue weighted by atomic mass is 32.2. The highest BCUT2D eigenvalue weighted by Gasteiger charge is 2.24. The number of hydrogen-bond donors (Lipinski definition) is 1. The number of thioether (sulfide) groups is 1. The largest absolute Gasteiger partial charge is 0.495 e. The quantitative estimate of drug-likeness (QED) is 0.668. The standard InChI is InChI=1S/C22H25N3O2S/c1-27-20-10-6-5-9-19(20)24-11-13-25(14-12-24)21(26)15-17-16-7-3-4-8-18(16)23-22(17)28-2/h3-10,23H,11-15H2,1-2H3. The Labute approximate surface area is 169 Å². The third kappa shape index (κ3) is 3.56. The number of nitrogens with one attached hydrogen (secondary N) is 1. The Morgan fingerprint density at radius 3 is 2.54 bits per heavy atom. The highest BCUT2D eigenvalue weighted by Crippen LogP contribution is 2.30. The number of para-hydroxylation sites is 3. The molecule has 1 amide bonds. The molecule has 1 saturated heterocycles. The molecule has 1 aromatic heterocycles. The Bertz CT molecular complexity index is 977. The van der Waals surface area contributed by atoms with Crippen LogP contribution >= 0.6 is 11.8 Å². The third-order valence-corrected chi connectivity index (χ3v) is 6.12. The van der Waals surface area contributed by atoms with E-state index in [1.165, 1.54) is 0 Å². The van der Waals surface area contributed by atoms with Gasteiger partial charge >= 0.3 is 0 Å². The number of methoxy groups -OCH3 is 1. The predicted octanol–water partition coefficient (Wildman–Crippen LogP) is 3.79. The van der Waals surface area contributed by atoms with Crippen molar-refractivity contribution in [1.82, 2.24) is 9.88 Å². The van der Waals surface area contributed by atoms with Crippen molar-refractivity contribution in [3.63, 3.8) is 0 Å². The lowest BCUT2D eigenvalue weighted by Crippen LogP contribution is -2.49. The van der Waals surface area contributed by atoms with Crippen LogP contribution < -0.4 is 9.64 Å². The van der Waals surface area contributed by atoms with E-state index in [-0.39, 0.29) is 5.91 Å². The molecular weight excluding hydrogens is 370 g/mol. The van der Waals surface area contributed by atoms with Crippen LogP contribution in [0.3, 0.4) is 0 Å². The molecule has 3 aromatic rings. The molecule has 1 N–H and O–H groups in total. The number of fused-ring (bicyclic) bond motifs is 1. The maximum atomic E-state index is 13.0. The Kier molecular flexibility index (Phi) is 5.48. The van der Waals surface area contributed by atoms with Crippen molar-refractivity contribution >= 4 is 34.3 Å². The Hall–Kier alpha value is -2.60. The van der Waals surface area contributed by atoms with Gasteiger partial charge in [0, 0.05) is 42.6 Å². The molecule has 0 unspecified atom stereocenters. The number of amides is 1. The van der Waals surface area contributed by atoms with E-state index in [4.69, 9.17) is 4.74 Å². The lowest BCUT2D eigenvalue weighted by Gasteiger charge is -2.36. The van der Waals surface area contributed by atoms with E-state index in [0.29, 0.717) is 6.42 Å². The van der Waals surface area contributed by atoms with E-state index in [9.17, 15) is 4.79 Å². The number of hydrogen-bond acceptors (Lipinski definition) is 4. The minimum Gasteiger partial charge on any atom is -0.495 e. The molecular formula is C22H25N3O2S. The first-order chi connectivity index (χ1) is 13.7. The molecule has 0 saturated carbocycles. The summed E-state index contributed by atoms with van der Waals surface area (Å²) >= 11 is 1.66. The van der Waals surface area contributed by atoms with Crippen molar-refractivity contribution < 1.29 is 9.53 Å². The van der Waals surface area contributed by atoms with E-state index < -0.39 is 0 Å². The molecule has 2 aromatic carbocycles. The number of aromatic nitrogens is 1. The molecule has 1 fully saturated rings. The number of piperazine rings is 1. The second-order valence-electron chi connectivity index (χ2n) is 6.90. The van der Waals surface area contributed by atoms with Gasteiger partial charge in [-0.1, -0.05) is 30.3 Å². The zero-order chi connectivity index (χ0) is 19.5. The number of carbonyl (C=O) groups is 1. The zero-order valence-corrected chi connectivity index (χ0v) is 17.1. The molecule has 146 valence electrons. The van der Waals surface area contributed by atoms with Crippen molar-refractivity contribution in [3.8, 4) is 5.75 Å². The molecule has 1 aliphatic rings. The van der Waals surface area contributed by atoms with Gasteiger partial charge in [-0.15, -0.1) is 11.8 Å². The van der Waals surface area contributed by atoms with Crippen LogP contribution in [0.5, 0.6) is 5.75 Å². The number of rotatable bonds is 5. The topological polar surface area (TPSA) is 48.6 Å². The molecule has 5 nitrogen and oxygen atoms in total. The number of anilines is 1. The average Bonchev–Trinajstić information content (AvgIpc) is 3.11. The van der Waals surface area contributed by atoms with E-state index in [1.807, 2.05) is 41.5 Å². The van der Waals surface area contributed by atoms with Crippen LogP contribution in [-0.4, -0.2) is 55.3 Å². The van der Waals surface area contributed by atoms with Gasteiger partial charge in [-0.05, 0) is 24.5 Å². The van der Waals surface area contributed by atoms with Gasteiger partial charge in [0.15, 0.2) is 0 Å². The molecule has 6 heteroatoms. The van der Waals surface area contributed by atoms with Gasteiger partial charge in [0.05, 0.1) is 24.2 Å². The van der Waals surface area contributed by atoms with Crippen LogP contribution in [0.25, 0.3) is 10.9 Å². The maximum absolute atomic E-state index is 13.0. The fraction of sp³-hybridized carbons (Fsp3) is 0.318. The highest BCUT2D eigenvalue weighted by molar-refractivity contribution is 7.98. The van der Waals surface area contributed by atoms with Crippen molar-refractivity contribution in [2.75, 3.05) is 44.4 Å². The van der Waals surface area contributed by atoms with Crippen molar-refractivity contribution in [3.05, 3.63) is 54.1 Å². The summed E-state index contributed by atoms with van der Waals surface area (Å²) in [5.74, 6) is 1.07. The molecule has 1 aliphatic heterocycles. The number of carbonyl (C=O) groups excluding carboxylic acids is 1. The lowest BCUT2D eigenvalue weighted by atomic mass is 10.1. The second kappa shape index (κ2) is 8.19. The summed E-state index contributed by atoms with van der Waals surface area (Å²) in [4.78, 5) is 20.7. The fourth-order valence-corrected chi connectivity index (χ4v) is 4.52. The monoisotopic (exact) mass is 395 g/mol. The van der Waals surface area contributed by atoms with Gasteiger partial charge in [0.25, 0.3) is 0 Å². The van der Waals surface area contributed by atoms with Crippen molar-refractivity contribution in [2.45, 2.75) is 11.4 Å². The van der Waals surface area contributed by atoms with E-state index in [0.717, 1.165) is 59.1 Å². The summed E-state index contributed by atoms with van der Waals surface area (Å²) in [6, 6.07) is 16.3. The van der Waals surface area contributed by atoms with Crippen LogP contribution in [0.2, 0.25) is 0 Å². The van der Waals surface area contributed by atoms with Gasteiger partial charge in [0.1, 0.15) is 5.75 Å². The minimum atomic E-state index is 0.194. The summed E-state index contributed by atoms with van der Waals surface area (Å²) in [6.07, 6.45) is 2.49. The minimum absolute atomic E-state index is 0.194. The van der Waals surface area contributed by atoms with E-state index >= 15 is 0 Å². The molecule has 0 radical (unpaired) electrons. The van der Waals surface area contributed by atoms with Gasteiger partial charge in [-0.25, -0.2) is 0 Å². The first-order valence-electron chi connectivity index (χ1n) is 9.50. The molecule has 28 heavy (non-hydrogen) atoms. The third-order valence-electron chi connectivity index (χ3n) is 5.36. The SMILES string of the molecule is COc1ccccc1N1CCN(C(=O)Cc2c(SC)[nH]c3ccccc23)CC1. The lowest BCUT2D eigenvalue weighted by molar-refractivity contribution is -0.130. The number of aromatic amines is 1. The summed E-state index contributed by atoms with van der Waals surface area (Å²) in [7, 11) is 1.70. The first kappa shape index (κ1) is 18.7. The van der Waals surface area contributed by atoms with Gasteiger partial charge in [-0.3, -0.25) is 4.79 Å². The first-order valence-corrected chi connectivity index (χ1v) is 10.7. The summed E-state index contributed by atoms with van der Waals surface area (Å²) in [5.41, 5.74) is 3.30.